The van der Waals surface area contributed by atoms with Crippen LogP contribution in [0.2, 0.25) is 5.02 Å². The third-order valence-electron chi connectivity index (χ3n) is 3.65. The van der Waals surface area contributed by atoms with Gasteiger partial charge in [0.1, 0.15) is 10.9 Å². The Bertz CT molecular complexity index is 1070. The molecule has 1 heterocycles. The minimum absolute atomic E-state index is 0.143. The molecule has 1 aromatic heterocycles. The van der Waals surface area contributed by atoms with E-state index in [1.807, 2.05) is 24.4 Å². The van der Waals surface area contributed by atoms with Gasteiger partial charge in [-0.2, -0.15) is 5.26 Å². The Balaban J connectivity index is 1.95. The molecule has 0 aliphatic rings. The molecule has 3 rings (SSSR count). The molecule has 0 spiro atoms. The molecule has 0 aliphatic carbocycles. The highest BCUT2D eigenvalue weighted by Gasteiger charge is 2.16. The summed E-state index contributed by atoms with van der Waals surface area (Å²) < 4.78 is 27.8. The lowest BCUT2D eigenvalue weighted by molar-refractivity contribution is 0.601. The molecule has 0 amide bonds. The third-order valence-corrected chi connectivity index (χ3v) is 6.12. The van der Waals surface area contributed by atoms with E-state index >= 15 is 0 Å². The SMILES string of the molecule is Cc1ccc(-c2csc(C#N)c2)cc1NS(=O)(=O)c1ccc(Cl)cc1. The van der Waals surface area contributed by atoms with Crippen molar-refractivity contribution in [2.24, 2.45) is 0 Å². The van der Waals surface area contributed by atoms with Gasteiger partial charge in [0.05, 0.1) is 10.6 Å². The first-order chi connectivity index (χ1) is 11.9. The number of hydrogen-bond donors (Lipinski definition) is 1. The highest BCUT2D eigenvalue weighted by Crippen LogP contribution is 2.30. The first-order valence-corrected chi connectivity index (χ1v) is 10.0. The molecular weight excluding hydrogens is 376 g/mol. The fraction of sp³-hybridized carbons (Fsp3) is 0.0556. The maximum absolute atomic E-state index is 12.6. The summed E-state index contributed by atoms with van der Waals surface area (Å²) in [7, 11) is -3.71. The van der Waals surface area contributed by atoms with Crippen LogP contribution in [-0.2, 0) is 10.0 Å². The monoisotopic (exact) mass is 388 g/mol. The summed E-state index contributed by atoms with van der Waals surface area (Å²) in [5.41, 5.74) is 3.03. The van der Waals surface area contributed by atoms with Gasteiger partial charge >= 0.3 is 0 Å². The molecule has 0 saturated carbocycles. The Morgan fingerprint density at radius 1 is 1.08 bits per heavy atom. The molecule has 25 heavy (non-hydrogen) atoms. The van der Waals surface area contributed by atoms with Crippen molar-refractivity contribution in [1.82, 2.24) is 0 Å². The van der Waals surface area contributed by atoms with Crippen LogP contribution in [0.1, 0.15) is 10.4 Å². The quantitative estimate of drug-likeness (QED) is 0.679. The predicted octanol–water partition coefficient (Wildman–Crippen LogP) is 5.05. The van der Waals surface area contributed by atoms with Gasteiger partial charge in [-0.3, -0.25) is 4.72 Å². The summed E-state index contributed by atoms with van der Waals surface area (Å²) in [5.74, 6) is 0. The zero-order valence-electron chi connectivity index (χ0n) is 13.2. The number of sulfonamides is 1. The Hall–Kier alpha value is -2.33. The van der Waals surface area contributed by atoms with Crippen molar-refractivity contribution in [2.75, 3.05) is 4.72 Å². The lowest BCUT2D eigenvalue weighted by atomic mass is 10.1. The van der Waals surface area contributed by atoms with Gasteiger partial charge in [0.25, 0.3) is 10.0 Å². The van der Waals surface area contributed by atoms with E-state index in [2.05, 4.69) is 10.8 Å². The van der Waals surface area contributed by atoms with Crippen LogP contribution in [0.5, 0.6) is 0 Å². The maximum atomic E-state index is 12.6. The van der Waals surface area contributed by atoms with Gasteiger partial charge in [0.15, 0.2) is 0 Å². The minimum atomic E-state index is -3.71. The average Bonchev–Trinajstić information content (AvgIpc) is 3.06. The number of nitrogens with zero attached hydrogens (tertiary/aromatic N) is 1. The van der Waals surface area contributed by atoms with Gasteiger partial charge in [-0.1, -0.05) is 23.7 Å². The average molecular weight is 389 g/mol. The first-order valence-electron chi connectivity index (χ1n) is 7.27. The molecule has 1 N–H and O–H groups in total. The van der Waals surface area contributed by atoms with E-state index in [9.17, 15) is 8.42 Å². The van der Waals surface area contributed by atoms with Crippen molar-refractivity contribution in [2.45, 2.75) is 11.8 Å². The van der Waals surface area contributed by atoms with Crippen LogP contribution in [0.15, 0.2) is 58.8 Å². The van der Waals surface area contributed by atoms with E-state index in [1.54, 1.807) is 12.1 Å². The Morgan fingerprint density at radius 2 is 1.80 bits per heavy atom. The second-order valence-electron chi connectivity index (χ2n) is 5.40. The smallest absolute Gasteiger partial charge is 0.261 e. The molecule has 126 valence electrons. The van der Waals surface area contributed by atoms with Crippen LogP contribution >= 0.6 is 22.9 Å². The van der Waals surface area contributed by atoms with Gasteiger partial charge in [0.2, 0.25) is 0 Å². The van der Waals surface area contributed by atoms with Crippen LogP contribution in [0.3, 0.4) is 0 Å². The van der Waals surface area contributed by atoms with E-state index in [-0.39, 0.29) is 4.90 Å². The fourth-order valence-corrected chi connectivity index (χ4v) is 4.23. The van der Waals surface area contributed by atoms with E-state index in [1.165, 1.54) is 35.6 Å². The van der Waals surface area contributed by atoms with Gasteiger partial charge < -0.3 is 0 Å². The van der Waals surface area contributed by atoms with Crippen LogP contribution in [-0.4, -0.2) is 8.42 Å². The lowest BCUT2D eigenvalue weighted by Gasteiger charge is -2.12. The molecule has 0 radical (unpaired) electrons. The van der Waals surface area contributed by atoms with E-state index in [0.29, 0.717) is 15.6 Å². The number of benzene rings is 2. The predicted molar refractivity (Wildman–Crippen MR) is 101 cm³/mol. The maximum Gasteiger partial charge on any atom is 0.261 e. The minimum Gasteiger partial charge on any atom is -0.279 e. The van der Waals surface area contributed by atoms with Gasteiger partial charge in [-0.15, -0.1) is 11.3 Å². The second-order valence-corrected chi connectivity index (χ2v) is 8.43. The standard InChI is InChI=1S/C18H13ClN2O2S2/c1-12-2-3-13(14-8-16(10-20)24-11-14)9-18(12)21-25(22,23)17-6-4-15(19)5-7-17/h2-9,11,21H,1H3. The number of thiophene rings is 1. The van der Waals surface area contributed by atoms with Crippen LogP contribution in [0, 0.1) is 18.3 Å². The molecule has 0 aliphatic heterocycles. The molecule has 2 aromatic carbocycles. The summed E-state index contributed by atoms with van der Waals surface area (Å²) in [5, 5.41) is 11.3. The Morgan fingerprint density at radius 3 is 2.44 bits per heavy atom. The molecule has 7 heteroatoms. The molecule has 0 fully saturated rings. The number of halogens is 1. The molecule has 4 nitrogen and oxygen atoms in total. The molecule has 3 aromatic rings. The first kappa shape index (κ1) is 17.5. The van der Waals surface area contributed by atoms with Crippen molar-refractivity contribution in [3.05, 3.63) is 69.4 Å². The van der Waals surface area contributed by atoms with Crippen LogP contribution in [0.25, 0.3) is 11.1 Å². The Kier molecular flexibility index (Phi) is 4.82. The van der Waals surface area contributed by atoms with Crippen LogP contribution < -0.4 is 4.72 Å². The normalized spacial score (nSPS) is 11.1. The van der Waals surface area contributed by atoms with E-state index < -0.39 is 10.0 Å². The molecule has 0 unspecified atom stereocenters. The zero-order valence-corrected chi connectivity index (χ0v) is 15.5. The summed E-state index contributed by atoms with van der Waals surface area (Å²) >= 11 is 7.17. The number of rotatable bonds is 4. The number of nitriles is 1. The summed E-state index contributed by atoms with van der Waals surface area (Å²) in [4.78, 5) is 0.753. The van der Waals surface area contributed by atoms with E-state index in [4.69, 9.17) is 16.9 Å². The molecule has 0 atom stereocenters. The lowest BCUT2D eigenvalue weighted by Crippen LogP contribution is -2.13. The number of anilines is 1. The zero-order chi connectivity index (χ0) is 18.0. The summed E-state index contributed by atoms with van der Waals surface area (Å²) in [6.45, 7) is 1.83. The van der Waals surface area contributed by atoms with Crippen molar-refractivity contribution < 1.29 is 8.42 Å². The second kappa shape index (κ2) is 6.89. The van der Waals surface area contributed by atoms with E-state index in [0.717, 1.165) is 16.7 Å². The fourth-order valence-electron chi connectivity index (χ4n) is 2.28. The molecule has 0 saturated heterocycles. The molecular formula is C18H13ClN2O2S2. The Labute approximate surface area is 155 Å². The summed E-state index contributed by atoms with van der Waals surface area (Å²) in [6.07, 6.45) is 0. The van der Waals surface area contributed by atoms with Gasteiger partial charge in [0, 0.05) is 5.02 Å². The highest BCUT2D eigenvalue weighted by atomic mass is 35.5. The van der Waals surface area contributed by atoms with Crippen molar-refractivity contribution in [3.63, 3.8) is 0 Å². The molecule has 0 bridgehead atoms. The third kappa shape index (κ3) is 3.85. The van der Waals surface area contributed by atoms with Crippen LogP contribution in [0.4, 0.5) is 5.69 Å². The topological polar surface area (TPSA) is 70.0 Å². The van der Waals surface area contributed by atoms with Crippen molar-refractivity contribution in [3.8, 4) is 17.2 Å². The number of nitrogens with one attached hydrogen (secondary N) is 1. The van der Waals surface area contributed by atoms with Crippen molar-refractivity contribution >= 4 is 38.6 Å². The number of hydrogen-bond acceptors (Lipinski definition) is 4. The van der Waals surface area contributed by atoms with Gasteiger partial charge in [-0.05, 0) is 65.4 Å². The largest absolute Gasteiger partial charge is 0.279 e. The van der Waals surface area contributed by atoms with Gasteiger partial charge in [-0.25, -0.2) is 8.42 Å². The number of aryl methyl sites for hydroxylation is 1. The highest BCUT2D eigenvalue weighted by molar-refractivity contribution is 7.92. The summed E-state index contributed by atoms with van der Waals surface area (Å²) in [6, 6.07) is 15.4. The van der Waals surface area contributed by atoms with Crippen molar-refractivity contribution in [1.29, 1.82) is 5.26 Å².